The molecule has 0 saturated carbocycles. The molecular formula is C15H17N3O3S2. The summed E-state index contributed by atoms with van der Waals surface area (Å²) in [5, 5.41) is 3.00. The molecule has 0 saturated heterocycles. The molecule has 1 aromatic carbocycles. The van der Waals surface area contributed by atoms with Gasteiger partial charge in [0.05, 0.1) is 10.6 Å². The van der Waals surface area contributed by atoms with Crippen LogP contribution in [0.25, 0.3) is 0 Å². The molecule has 0 unspecified atom stereocenters. The van der Waals surface area contributed by atoms with Gasteiger partial charge in [0, 0.05) is 6.54 Å². The Morgan fingerprint density at radius 3 is 2.78 bits per heavy atom. The zero-order chi connectivity index (χ0) is 16.6. The van der Waals surface area contributed by atoms with Crippen molar-refractivity contribution in [1.82, 2.24) is 10.3 Å². The number of sulfonamides is 1. The molecule has 0 fully saturated rings. The van der Waals surface area contributed by atoms with E-state index >= 15 is 0 Å². The maximum absolute atomic E-state index is 12.5. The first kappa shape index (κ1) is 15.9. The van der Waals surface area contributed by atoms with E-state index in [1.165, 1.54) is 0 Å². The van der Waals surface area contributed by atoms with Crippen LogP contribution in [0.2, 0.25) is 0 Å². The minimum Gasteiger partial charge on any atom is -0.351 e. The fraction of sp³-hybridized carbons (Fsp3) is 0.333. The molecule has 2 N–H and O–H groups in total. The second-order valence-electron chi connectivity index (χ2n) is 5.51. The Morgan fingerprint density at radius 1 is 1.26 bits per heavy atom. The van der Waals surface area contributed by atoms with Crippen LogP contribution in [0.4, 0.5) is 5.13 Å². The SMILES string of the molecule is Cc1ccc(S(=O)(=O)Nc2nc3c(s2)C(=O)NCCC3)cc1C. The number of fused-ring (bicyclic) bond motifs is 1. The predicted octanol–water partition coefficient (Wildman–Crippen LogP) is 2.24. The number of carbonyl (C=O) groups excluding carboxylic acids is 1. The number of aromatic nitrogens is 1. The van der Waals surface area contributed by atoms with Crippen molar-refractivity contribution in [2.45, 2.75) is 31.6 Å². The van der Waals surface area contributed by atoms with E-state index in [2.05, 4.69) is 15.0 Å². The number of hydrogen-bond acceptors (Lipinski definition) is 5. The van der Waals surface area contributed by atoms with Crippen LogP contribution in [0.5, 0.6) is 0 Å². The van der Waals surface area contributed by atoms with E-state index in [0.717, 1.165) is 28.9 Å². The largest absolute Gasteiger partial charge is 0.351 e. The van der Waals surface area contributed by atoms with Gasteiger partial charge in [0.25, 0.3) is 15.9 Å². The van der Waals surface area contributed by atoms with Gasteiger partial charge in [-0.25, -0.2) is 13.4 Å². The molecule has 8 heteroatoms. The first-order valence-corrected chi connectivity index (χ1v) is 9.55. The van der Waals surface area contributed by atoms with Crippen molar-refractivity contribution in [1.29, 1.82) is 0 Å². The highest BCUT2D eigenvalue weighted by atomic mass is 32.2. The van der Waals surface area contributed by atoms with Gasteiger partial charge in [-0.05, 0) is 49.9 Å². The molecule has 23 heavy (non-hydrogen) atoms. The summed E-state index contributed by atoms with van der Waals surface area (Å²) < 4.78 is 27.4. The Labute approximate surface area is 139 Å². The van der Waals surface area contributed by atoms with E-state index in [1.807, 2.05) is 13.8 Å². The van der Waals surface area contributed by atoms with Crippen LogP contribution in [0, 0.1) is 13.8 Å². The lowest BCUT2D eigenvalue weighted by Crippen LogP contribution is -2.21. The van der Waals surface area contributed by atoms with Gasteiger partial charge in [-0.3, -0.25) is 9.52 Å². The third-order valence-electron chi connectivity index (χ3n) is 3.79. The highest BCUT2D eigenvalue weighted by Crippen LogP contribution is 2.27. The van der Waals surface area contributed by atoms with Crippen molar-refractivity contribution < 1.29 is 13.2 Å². The number of nitrogens with one attached hydrogen (secondary N) is 2. The number of hydrogen-bond donors (Lipinski definition) is 2. The van der Waals surface area contributed by atoms with Crippen LogP contribution in [0.1, 0.15) is 32.9 Å². The number of carbonyl (C=O) groups is 1. The number of benzene rings is 1. The van der Waals surface area contributed by atoms with E-state index < -0.39 is 10.0 Å². The molecule has 0 spiro atoms. The molecule has 1 aliphatic heterocycles. The normalized spacial score (nSPS) is 14.8. The molecule has 122 valence electrons. The number of nitrogens with zero attached hydrogens (tertiary/aromatic N) is 1. The molecule has 2 aromatic rings. The molecule has 0 aliphatic carbocycles. The maximum Gasteiger partial charge on any atom is 0.263 e. The Morgan fingerprint density at radius 2 is 2.04 bits per heavy atom. The number of rotatable bonds is 3. The monoisotopic (exact) mass is 351 g/mol. The second kappa shape index (κ2) is 5.93. The quantitative estimate of drug-likeness (QED) is 0.888. The lowest BCUT2D eigenvalue weighted by atomic mass is 10.1. The molecule has 0 radical (unpaired) electrons. The summed E-state index contributed by atoms with van der Waals surface area (Å²) in [5.74, 6) is -0.188. The predicted molar refractivity (Wildman–Crippen MR) is 89.5 cm³/mol. The third kappa shape index (κ3) is 3.23. The lowest BCUT2D eigenvalue weighted by Gasteiger charge is -2.07. The van der Waals surface area contributed by atoms with Gasteiger partial charge in [0.1, 0.15) is 4.88 Å². The van der Waals surface area contributed by atoms with Crippen molar-refractivity contribution in [2.75, 3.05) is 11.3 Å². The summed E-state index contributed by atoms with van der Waals surface area (Å²) >= 11 is 1.07. The van der Waals surface area contributed by atoms with Gasteiger partial charge in [-0.2, -0.15) is 0 Å². The average Bonchev–Trinajstić information content (AvgIpc) is 2.80. The smallest absolute Gasteiger partial charge is 0.263 e. The van der Waals surface area contributed by atoms with E-state index in [1.54, 1.807) is 18.2 Å². The molecule has 0 atom stereocenters. The molecule has 2 heterocycles. The third-order valence-corrected chi connectivity index (χ3v) is 6.27. The van der Waals surface area contributed by atoms with Crippen molar-refractivity contribution in [3.05, 3.63) is 39.9 Å². The van der Waals surface area contributed by atoms with Crippen molar-refractivity contribution in [3.63, 3.8) is 0 Å². The molecule has 1 aliphatic rings. The van der Waals surface area contributed by atoms with Crippen LogP contribution >= 0.6 is 11.3 Å². The lowest BCUT2D eigenvalue weighted by molar-refractivity contribution is 0.0960. The molecule has 0 bridgehead atoms. The summed E-state index contributed by atoms with van der Waals surface area (Å²) in [6, 6.07) is 4.97. The summed E-state index contributed by atoms with van der Waals surface area (Å²) in [6.45, 7) is 4.41. The minimum atomic E-state index is -3.71. The standard InChI is InChI=1S/C15H17N3O3S2/c1-9-5-6-11(8-10(9)2)23(20,21)18-15-17-12-4-3-7-16-14(19)13(12)22-15/h5-6,8H,3-4,7H2,1-2H3,(H,16,19)(H,17,18). The Balaban J connectivity index is 1.90. The average molecular weight is 351 g/mol. The van der Waals surface area contributed by atoms with E-state index in [9.17, 15) is 13.2 Å². The summed E-state index contributed by atoms with van der Waals surface area (Å²) in [5.41, 5.74) is 2.59. The maximum atomic E-state index is 12.5. The van der Waals surface area contributed by atoms with Crippen LogP contribution < -0.4 is 10.0 Å². The van der Waals surface area contributed by atoms with Crippen molar-refractivity contribution >= 4 is 32.4 Å². The zero-order valence-electron chi connectivity index (χ0n) is 12.8. The molecule has 3 rings (SSSR count). The Kier molecular flexibility index (Phi) is 4.11. The van der Waals surface area contributed by atoms with E-state index in [-0.39, 0.29) is 15.9 Å². The van der Waals surface area contributed by atoms with Gasteiger partial charge in [0.2, 0.25) is 0 Å². The highest BCUT2D eigenvalue weighted by Gasteiger charge is 2.23. The van der Waals surface area contributed by atoms with Crippen LogP contribution in [0.3, 0.4) is 0 Å². The Hall–Kier alpha value is -1.93. The summed E-state index contributed by atoms with van der Waals surface area (Å²) in [4.78, 5) is 16.9. The first-order valence-electron chi connectivity index (χ1n) is 7.25. The van der Waals surface area contributed by atoms with Crippen molar-refractivity contribution in [3.8, 4) is 0 Å². The minimum absolute atomic E-state index is 0.188. The molecule has 6 nitrogen and oxygen atoms in total. The summed E-state index contributed by atoms with van der Waals surface area (Å²) in [6.07, 6.45) is 1.46. The van der Waals surface area contributed by atoms with Gasteiger partial charge in [0.15, 0.2) is 5.13 Å². The molecular weight excluding hydrogens is 334 g/mol. The fourth-order valence-corrected chi connectivity index (χ4v) is 4.58. The summed E-state index contributed by atoms with van der Waals surface area (Å²) in [7, 11) is -3.71. The highest BCUT2D eigenvalue weighted by molar-refractivity contribution is 7.93. The van der Waals surface area contributed by atoms with Crippen molar-refractivity contribution in [2.24, 2.45) is 0 Å². The first-order chi connectivity index (χ1) is 10.9. The van der Waals surface area contributed by atoms with Gasteiger partial charge in [-0.1, -0.05) is 17.4 Å². The van der Waals surface area contributed by atoms with E-state index in [0.29, 0.717) is 23.5 Å². The van der Waals surface area contributed by atoms with Crippen LogP contribution in [-0.4, -0.2) is 25.9 Å². The molecule has 1 aromatic heterocycles. The number of thiazole rings is 1. The molecule has 1 amide bonds. The van der Waals surface area contributed by atoms with Gasteiger partial charge in [-0.15, -0.1) is 0 Å². The zero-order valence-corrected chi connectivity index (χ0v) is 14.5. The van der Waals surface area contributed by atoms with Crippen LogP contribution in [-0.2, 0) is 16.4 Å². The van der Waals surface area contributed by atoms with Gasteiger partial charge < -0.3 is 5.32 Å². The number of anilines is 1. The number of aryl methyl sites for hydroxylation is 3. The fourth-order valence-electron chi connectivity index (χ4n) is 2.34. The Bertz CT molecular complexity index is 872. The van der Waals surface area contributed by atoms with Crippen LogP contribution in [0.15, 0.2) is 23.1 Å². The second-order valence-corrected chi connectivity index (χ2v) is 8.19. The topological polar surface area (TPSA) is 88.2 Å². The van der Waals surface area contributed by atoms with E-state index in [4.69, 9.17) is 0 Å². The van der Waals surface area contributed by atoms with Gasteiger partial charge >= 0.3 is 0 Å². The number of amides is 1.